The molecule has 2 atom stereocenters. The highest BCUT2D eigenvalue weighted by molar-refractivity contribution is 5.93. The Labute approximate surface area is 153 Å². The van der Waals surface area contributed by atoms with Crippen molar-refractivity contribution in [2.75, 3.05) is 5.32 Å². The van der Waals surface area contributed by atoms with Crippen LogP contribution in [0, 0.1) is 0 Å². The van der Waals surface area contributed by atoms with Gasteiger partial charge in [0, 0.05) is 11.1 Å². The summed E-state index contributed by atoms with van der Waals surface area (Å²) in [7, 11) is 0. The van der Waals surface area contributed by atoms with Crippen LogP contribution in [0.25, 0.3) is 10.8 Å². The van der Waals surface area contributed by atoms with Gasteiger partial charge in [-0.25, -0.2) is 0 Å². The van der Waals surface area contributed by atoms with Crippen LogP contribution in [-0.2, 0) is 0 Å². The molecule has 128 valence electrons. The Bertz CT molecular complexity index is 977. The number of rotatable bonds is 5. The van der Waals surface area contributed by atoms with Crippen molar-refractivity contribution in [3.63, 3.8) is 0 Å². The minimum absolute atomic E-state index is 0.246. The van der Waals surface area contributed by atoms with Gasteiger partial charge < -0.3 is 10.4 Å². The van der Waals surface area contributed by atoms with Gasteiger partial charge in [-0.05, 0) is 22.6 Å². The van der Waals surface area contributed by atoms with Crippen molar-refractivity contribution >= 4 is 16.5 Å². The van der Waals surface area contributed by atoms with E-state index in [4.69, 9.17) is 0 Å². The van der Waals surface area contributed by atoms with Crippen LogP contribution < -0.4 is 5.32 Å². The molecule has 0 heterocycles. The van der Waals surface area contributed by atoms with Gasteiger partial charge in [0.25, 0.3) is 0 Å². The van der Waals surface area contributed by atoms with E-state index in [0.29, 0.717) is 0 Å². The van der Waals surface area contributed by atoms with Crippen molar-refractivity contribution in [2.24, 2.45) is 0 Å². The largest absolute Gasteiger partial charge is 0.386 e. The molecule has 4 rings (SSSR count). The summed E-state index contributed by atoms with van der Waals surface area (Å²) in [5, 5.41) is 17.0. The number of nitrogens with one attached hydrogen (secondary N) is 1. The molecule has 0 aromatic heterocycles. The van der Waals surface area contributed by atoms with Gasteiger partial charge in [-0.2, -0.15) is 0 Å². The molecule has 2 nitrogen and oxygen atoms in total. The van der Waals surface area contributed by atoms with Crippen LogP contribution in [0.4, 0.5) is 5.69 Å². The number of hydrogen-bond acceptors (Lipinski definition) is 2. The summed E-state index contributed by atoms with van der Waals surface area (Å²) in [6.07, 6.45) is -0.655. The Balaban J connectivity index is 1.76. The van der Waals surface area contributed by atoms with E-state index in [9.17, 15) is 5.11 Å². The van der Waals surface area contributed by atoms with Gasteiger partial charge in [0.1, 0.15) is 6.10 Å². The molecule has 0 spiro atoms. The maximum atomic E-state index is 11.1. The highest BCUT2D eigenvalue weighted by atomic mass is 16.3. The summed E-state index contributed by atoms with van der Waals surface area (Å²) in [6.45, 7) is 0. The van der Waals surface area contributed by atoms with Crippen molar-refractivity contribution < 1.29 is 5.11 Å². The van der Waals surface area contributed by atoms with E-state index in [-0.39, 0.29) is 6.04 Å². The third kappa shape index (κ3) is 3.32. The second-order valence-corrected chi connectivity index (χ2v) is 6.41. The van der Waals surface area contributed by atoms with Crippen molar-refractivity contribution in [2.45, 2.75) is 12.1 Å². The number of hydrogen-bond donors (Lipinski definition) is 2. The Morgan fingerprint density at radius 1 is 0.577 bits per heavy atom. The first-order chi connectivity index (χ1) is 12.8. The Morgan fingerprint density at radius 2 is 1.15 bits per heavy atom. The number of anilines is 1. The van der Waals surface area contributed by atoms with Gasteiger partial charge >= 0.3 is 0 Å². The predicted octanol–water partition coefficient (Wildman–Crippen LogP) is 5.73. The van der Waals surface area contributed by atoms with Gasteiger partial charge in [-0.3, -0.25) is 0 Å². The molecule has 0 saturated heterocycles. The number of aliphatic hydroxyl groups excluding tert-OH is 1. The fourth-order valence-electron chi connectivity index (χ4n) is 3.37. The Kier molecular flexibility index (Phi) is 4.67. The van der Waals surface area contributed by atoms with Crippen LogP contribution in [0.1, 0.15) is 23.3 Å². The lowest BCUT2D eigenvalue weighted by Gasteiger charge is -2.27. The van der Waals surface area contributed by atoms with Crippen molar-refractivity contribution in [3.05, 3.63) is 114 Å². The van der Waals surface area contributed by atoms with E-state index in [1.165, 1.54) is 5.39 Å². The first-order valence-corrected chi connectivity index (χ1v) is 8.85. The summed E-state index contributed by atoms with van der Waals surface area (Å²) in [6, 6.07) is 34.2. The molecule has 0 fully saturated rings. The quantitative estimate of drug-likeness (QED) is 0.487. The molecule has 0 amide bonds. The summed E-state index contributed by atoms with van der Waals surface area (Å²) in [5.74, 6) is 0. The lowest BCUT2D eigenvalue weighted by atomic mass is 9.95. The first-order valence-electron chi connectivity index (χ1n) is 8.85. The standard InChI is InChI=1S/C24H21NO/c26-24(20-13-5-2-6-14-20)23(19-11-3-1-4-12-19)25-22-17-9-15-18-10-7-8-16-21(18)22/h1-17,23-26H/t23?,24-/m0/s1. The predicted molar refractivity (Wildman–Crippen MR) is 108 cm³/mol. The number of aliphatic hydroxyl groups is 1. The zero-order chi connectivity index (χ0) is 17.8. The fraction of sp³-hybridized carbons (Fsp3) is 0.0833. The van der Waals surface area contributed by atoms with Crippen LogP contribution in [0.15, 0.2) is 103 Å². The number of benzene rings is 4. The van der Waals surface area contributed by atoms with Crippen LogP contribution in [0.2, 0.25) is 0 Å². The molecular weight excluding hydrogens is 318 g/mol. The normalized spacial score (nSPS) is 13.3. The topological polar surface area (TPSA) is 32.3 Å². The highest BCUT2D eigenvalue weighted by Crippen LogP contribution is 2.34. The second-order valence-electron chi connectivity index (χ2n) is 6.41. The zero-order valence-corrected chi connectivity index (χ0v) is 14.4. The van der Waals surface area contributed by atoms with Crippen LogP contribution >= 0.6 is 0 Å². The van der Waals surface area contributed by atoms with E-state index in [1.807, 2.05) is 66.7 Å². The van der Waals surface area contributed by atoms with Gasteiger partial charge in [0.15, 0.2) is 0 Å². The molecule has 1 unspecified atom stereocenters. The SMILES string of the molecule is O[C@@H](c1ccccc1)C(Nc1cccc2ccccc12)c1ccccc1. The zero-order valence-electron chi connectivity index (χ0n) is 14.4. The lowest BCUT2D eigenvalue weighted by Crippen LogP contribution is -2.19. The minimum Gasteiger partial charge on any atom is -0.386 e. The first kappa shape index (κ1) is 16.4. The van der Waals surface area contributed by atoms with Gasteiger partial charge in [-0.1, -0.05) is 97.1 Å². The van der Waals surface area contributed by atoms with E-state index in [1.54, 1.807) is 0 Å². The second kappa shape index (κ2) is 7.42. The molecule has 4 aromatic rings. The molecule has 2 heteroatoms. The van der Waals surface area contributed by atoms with Crippen LogP contribution in [0.3, 0.4) is 0 Å². The van der Waals surface area contributed by atoms with Crippen LogP contribution in [0.5, 0.6) is 0 Å². The molecule has 26 heavy (non-hydrogen) atoms. The van der Waals surface area contributed by atoms with E-state index >= 15 is 0 Å². The van der Waals surface area contributed by atoms with Gasteiger partial charge in [-0.15, -0.1) is 0 Å². The smallest absolute Gasteiger partial charge is 0.103 e. The van der Waals surface area contributed by atoms with Crippen molar-refractivity contribution in [1.82, 2.24) is 0 Å². The Morgan fingerprint density at radius 3 is 1.88 bits per heavy atom. The lowest BCUT2D eigenvalue weighted by molar-refractivity contribution is 0.155. The summed E-state index contributed by atoms with van der Waals surface area (Å²) in [5.41, 5.74) is 2.97. The van der Waals surface area contributed by atoms with Crippen molar-refractivity contribution in [1.29, 1.82) is 0 Å². The molecule has 0 radical (unpaired) electrons. The molecule has 0 aliphatic rings. The van der Waals surface area contributed by atoms with Crippen LogP contribution in [-0.4, -0.2) is 5.11 Å². The van der Waals surface area contributed by atoms with Gasteiger partial charge in [0.2, 0.25) is 0 Å². The molecule has 2 N–H and O–H groups in total. The van der Waals surface area contributed by atoms with E-state index in [2.05, 4.69) is 41.7 Å². The third-order valence-corrected chi connectivity index (χ3v) is 4.72. The maximum Gasteiger partial charge on any atom is 0.103 e. The average Bonchev–Trinajstić information content (AvgIpc) is 2.73. The average molecular weight is 339 g/mol. The highest BCUT2D eigenvalue weighted by Gasteiger charge is 2.23. The van der Waals surface area contributed by atoms with Crippen molar-refractivity contribution in [3.8, 4) is 0 Å². The summed E-state index contributed by atoms with van der Waals surface area (Å²) >= 11 is 0. The molecule has 4 aromatic carbocycles. The number of fused-ring (bicyclic) bond motifs is 1. The minimum atomic E-state index is -0.655. The monoisotopic (exact) mass is 339 g/mol. The molecule has 0 aliphatic heterocycles. The molecule has 0 saturated carbocycles. The van der Waals surface area contributed by atoms with Gasteiger partial charge in [0.05, 0.1) is 6.04 Å². The third-order valence-electron chi connectivity index (χ3n) is 4.72. The van der Waals surface area contributed by atoms with E-state index in [0.717, 1.165) is 22.2 Å². The van der Waals surface area contributed by atoms with E-state index < -0.39 is 6.10 Å². The molecular formula is C24H21NO. The maximum absolute atomic E-state index is 11.1. The Hall–Kier alpha value is -3.10. The summed E-state index contributed by atoms with van der Waals surface area (Å²) < 4.78 is 0. The summed E-state index contributed by atoms with van der Waals surface area (Å²) in [4.78, 5) is 0. The molecule has 0 aliphatic carbocycles. The molecule has 0 bridgehead atoms. The fourth-order valence-corrected chi connectivity index (χ4v) is 3.37.